The van der Waals surface area contributed by atoms with Crippen LogP contribution >= 0.6 is 47.2 Å². The van der Waals surface area contributed by atoms with Crippen LogP contribution < -0.4 is 0 Å². The summed E-state index contributed by atoms with van der Waals surface area (Å²) in [7, 11) is 0. The predicted molar refractivity (Wildman–Crippen MR) is 65.6 cm³/mol. The zero-order chi connectivity index (χ0) is 10.9. The lowest BCUT2D eigenvalue weighted by Crippen LogP contribution is -2.02. The van der Waals surface area contributed by atoms with E-state index in [1.165, 1.54) is 6.92 Å². The van der Waals surface area contributed by atoms with Gasteiger partial charge < -0.3 is 10.2 Å². The van der Waals surface area contributed by atoms with Crippen molar-refractivity contribution in [1.82, 2.24) is 0 Å². The van der Waals surface area contributed by atoms with Crippen LogP contribution in [-0.2, 0) is 0 Å². The standard InChI is InChI=1S/C6H14O2.C2H3Cl3.ClH/c1-2-3-4-5-6(7)8;1-2(3,4)5;/h6-8H,2-5H2,1H3;1H3;1H. The topological polar surface area (TPSA) is 40.5 Å². The highest BCUT2D eigenvalue weighted by atomic mass is 35.6. The molecule has 0 rings (SSSR count). The van der Waals surface area contributed by atoms with E-state index in [4.69, 9.17) is 45.0 Å². The Morgan fingerprint density at radius 3 is 1.71 bits per heavy atom. The minimum absolute atomic E-state index is 0. The fourth-order valence-corrected chi connectivity index (χ4v) is 0.577. The van der Waals surface area contributed by atoms with E-state index in [-0.39, 0.29) is 12.4 Å². The Balaban J connectivity index is -0.000000177. The number of hydrogen-bond donors (Lipinski definition) is 2. The van der Waals surface area contributed by atoms with Crippen LogP contribution in [0.2, 0.25) is 0 Å². The second-order valence-electron chi connectivity index (χ2n) is 2.76. The molecular formula is C8H18Cl4O2. The Kier molecular flexibility index (Phi) is 17.8. The number of rotatable bonds is 4. The van der Waals surface area contributed by atoms with Crippen molar-refractivity contribution in [2.45, 2.75) is 49.6 Å². The molecule has 0 aliphatic carbocycles. The largest absolute Gasteiger partial charge is 0.368 e. The lowest BCUT2D eigenvalue weighted by molar-refractivity contribution is -0.0465. The maximum atomic E-state index is 8.33. The van der Waals surface area contributed by atoms with Gasteiger partial charge >= 0.3 is 0 Å². The summed E-state index contributed by atoms with van der Waals surface area (Å²) in [5.74, 6) is 0. The number of aliphatic hydroxyl groups excluding tert-OH is 1. The first-order chi connectivity index (χ1) is 5.77. The second-order valence-corrected chi connectivity index (χ2v) is 5.61. The molecule has 0 spiro atoms. The quantitative estimate of drug-likeness (QED) is 0.470. The van der Waals surface area contributed by atoms with E-state index in [0.29, 0.717) is 6.42 Å². The molecule has 0 aromatic carbocycles. The SMILES string of the molecule is CC(Cl)(Cl)Cl.CCCCCC(O)O.Cl. The van der Waals surface area contributed by atoms with Gasteiger partial charge in [-0.2, -0.15) is 0 Å². The number of aliphatic hydroxyl groups is 2. The first kappa shape index (κ1) is 20.5. The van der Waals surface area contributed by atoms with Crippen molar-refractivity contribution >= 4 is 47.2 Å². The Labute approximate surface area is 107 Å². The number of unbranched alkanes of at least 4 members (excludes halogenated alkanes) is 2. The van der Waals surface area contributed by atoms with E-state index in [1.54, 1.807) is 0 Å². The molecule has 2 N–H and O–H groups in total. The smallest absolute Gasteiger partial charge is 0.187 e. The second kappa shape index (κ2) is 12.2. The summed E-state index contributed by atoms with van der Waals surface area (Å²) in [4.78, 5) is 0. The summed E-state index contributed by atoms with van der Waals surface area (Å²) in [5.41, 5.74) is 0. The lowest BCUT2D eigenvalue weighted by Gasteiger charge is -1.99. The van der Waals surface area contributed by atoms with E-state index < -0.39 is 10.1 Å². The summed E-state index contributed by atoms with van der Waals surface area (Å²) in [5, 5.41) is 16.7. The van der Waals surface area contributed by atoms with Crippen molar-refractivity contribution in [1.29, 1.82) is 0 Å². The fourth-order valence-electron chi connectivity index (χ4n) is 0.577. The normalized spacial score (nSPS) is 10.3. The minimum Gasteiger partial charge on any atom is -0.368 e. The summed E-state index contributed by atoms with van der Waals surface area (Å²) < 4.78 is -1.08. The molecule has 0 aromatic heterocycles. The van der Waals surface area contributed by atoms with Gasteiger partial charge in [-0.3, -0.25) is 0 Å². The van der Waals surface area contributed by atoms with Gasteiger partial charge in [-0.25, -0.2) is 0 Å². The van der Waals surface area contributed by atoms with Crippen LogP contribution in [0.4, 0.5) is 0 Å². The van der Waals surface area contributed by atoms with Gasteiger partial charge in [0.15, 0.2) is 10.1 Å². The monoisotopic (exact) mass is 286 g/mol. The molecule has 0 aliphatic rings. The molecule has 14 heavy (non-hydrogen) atoms. The Hall–Kier alpha value is 1.08. The molecular weight excluding hydrogens is 270 g/mol. The molecule has 0 saturated heterocycles. The highest BCUT2D eigenvalue weighted by molar-refractivity contribution is 6.67. The van der Waals surface area contributed by atoms with Crippen LogP contribution in [-0.4, -0.2) is 20.3 Å². The third-order valence-electron chi connectivity index (χ3n) is 1.07. The molecule has 0 unspecified atom stereocenters. The number of hydrogen-bond acceptors (Lipinski definition) is 2. The summed E-state index contributed by atoms with van der Waals surface area (Å²) >= 11 is 15.2. The highest BCUT2D eigenvalue weighted by Gasteiger charge is 2.07. The van der Waals surface area contributed by atoms with Crippen LogP contribution in [0, 0.1) is 0 Å². The average Bonchev–Trinajstić information content (AvgIpc) is 1.83. The summed E-state index contributed by atoms with van der Waals surface area (Å²) in [6, 6.07) is 0. The van der Waals surface area contributed by atoms with Gasteiger partial charge in [-0.1, -0.05) is 54.6 Å². The molecule has 0 saturated carbocycles. The van der Waals surface area contributed by atoms with Crippen molar-refractivity contribution < 1.29 is 10.2 Å². The predicted octanol–water partition coefficient (Wildman–Crippen LogP) is 3.68. The minimum atomic E-state index is -1.10. The maximum Gasteiger partial charge on any atom is 0.187 e. The van der Waals surface area contributed by atoms with Gasteiger partial charge in [0.25, 0.3) is 0 Å². The van der Waals surface area contributed by atoms with Crippen LogP contribution in [0.3, 0.4) is 0 Å². The molecule has 0 heterocycles. The fraction of sp³-hybridized carbons (Fsp3) is 1.00. The zero-order valence-corrected chi connectivity index (χ0v) is 11.4. The molecule has 0 aromatic rings. The maximum absolute atomic E-state index is 8.33. The van der Waals surface area contributed by atoms with Gasteiger partial charge in [0.05, 0.1) is 0 Å². The van der Waals surface area contributed by atoms with Gasteiger partial charge in [0.2, 0.25) is 0 Å². The zero-order valence-electron chi connectivity index (χ0n) is 8.34. The Morgan fingerprint density at radius 2 is 1.50 bits per heavy atom. The first-order valence-corrected chi connectivity index (χ1v) is 5.33. The van der Waals surface area contributed by atoms with Gasteiger partial charge in [0.1, 0.15) is 0 Å². The van der Waals surface area contributed by atoms with E-state index in [9.17, 15) is 0 Å². The number of alkyl halides is 3. The third kappa shape index (κ3) is 51.6. The average molecular weight is 288 g/mol. The number of halogens is 4. The molecule has 0 atom stereocenters. The van der Waals surface area contributed by atoms with E-state index in [1.807, 2.05) is 0 Å². The molecule has 6 heteroatoms. The van der Waals surface area contributed by atoms with Crippen molar-refractivity contribution in [2.75, 3.05) is 0 Å². The summed E-state index contributed by atoms with van der Waals surface area (Å²) in [6.07, 6.45) is 2.58. The van der Waals surface area contributed by atoms with Crippen molar-refractivity contribution in [2.24, 2.45) is 0 Å². The lowest BCUT2D eigenvalue weighted by atomic mass is 10.2. The molecule has 90 valence electrons. The van der Waals surface area contributed by atoms with Crippen LogP contribution in [0.25, 0.3) is 0 Å². The molecule has 0 fully saturated rings. The molecule has 0 bridgehead atoms. The van der Waals surface area contributed by atoms with Crippen molar-refractivity contribution in [3.05, 3.63) is 0 Å². The summed E-state index contributed by atoms with van der Waals surface area (Å²) in [6.45, 7) is 3.57. The molecule has 0 aliphatic heterocycles. The van der Waals surface area contributed by atoms with E-state index >= 15 is 0 Å². The first-order valence-electron chi connectivity index (χ1n) is 4.20. The van der Waals surface area contributed by atoms with Gasteiger partial charge in [-0.15, -0.1) is 12.4 Å². The van der Waals surface area contributed by atoms with Crippen molar-refractivity contribution in [3.8, 4) is 0 Å². The van der Waals surface area contributed by atoms with Crippen LogP contribution in [0.15, 0.2) is 0 Å². The van der Waals surface area contributed by atoms with Gasteiger partial charge in [0, 0.05) is 0 Å². The molecule has 0 amide bonds. The Morgan fingerprint density at radius 1 is 1.14 bits per heavy atom. The van der Waals surface area contributed by atoms with Crippen LogP contribution in [0.1, 0.15) is 39.5 Å². The van der Waals surface area contributed by atoms with E-state index in [2.05, 4.69) is 6.92 Å². The molecule has 0 radical (unpaired) electrons. The highest BCUT2D eigenvalue weighted by Crippen LogP contribution is 2.23. The Bertz CT molecular complexity index is 98.0. The third-order valence-corrected chi connectivity index (χ3v) is 1.07. The van der Waals surface area contributed by atoms with Crippen LogP contribution in [0.5, 0.6) is 0 Å². The van der Waals surface area contributed by atoms with Gasteiger partial charge in [-0.05, 0) is 19.8 Å². The molecule has 2 nitrogen and oxygen atoms in total. The van der Waals surface area contributed by atoms with Crippen molar-refractivity contribution in [3.63, 3.8) is 0 Å². The van der Waals surface area contributed by atoms with E-state index in [0.717, 1.165) is 19.3 Å².